The normalized spacial score (nSPS) is 33.4. The second kappa shape index (κ2) is 4.19. The van der Waals surface area contributed by atoms with Crippen LogP contribution in [0.2, 0.25) is 0 Å². The number of hydrogen-bond acceptors (Lipinski definition) is 2. The van der Waals surface area contributed by atoms with Crippen molar-refractivity contribution in [1.29, 1.82) is 0 Å². The number of hydrogen-bond donors (Lipinski definition) is 1. The summed E-state index contributed by atoms with van der Waals surface area (Å²) in [6.07, 6.45) is 5.56. The summed E-state index contributed by atoms with van der Waals surface area (Å²) in [4.78, 5) is 2.66. The number of nitrogens with zero attached hydrogens (tertiary/aromatic N) is 1. The third kappa shape index (κ3) is 2.71. The van der Waals surface area contributed by atoms with Crippen LogP contribution in [-0.2, 0) is 0 Å². The van der Waals surface area contributed by atoms with Gasteiger partial charge in [-0.25, -0.2) is 0 Å². The average molecular weight is 196 g/mol. The molecule has 0 aliphatic carbocycles. The highest BCUT2D eigenvalue weighted by Gasteiger charge is 2.28. The summed E-state index contributed by atoms with van der Waals surface area (Å²) in [5.41, 5.74) is 0.552. The summed E-state index contributed by atoms with van der Waals surface area (Å²) >= 11 is 0. The molecule has 0 aromatic heterocycles. The van der Waals surface area contributed by atoms with Crippen molar-refractivity contribution in [1.82, 2.24) is 10.2 Å². The van der Waals surface area contributed by atoms with E-state index in [4.69, 9.17) is 0 Å². The van der Waals surface area contributed by atoms with Gasteiger partial charge in [0.25, 0.3) is 0 Å². The summed E-state index contributed by atoms with van der Waals surface area (Å²) in [6, 6.07) is 0.781. The van der Waals surface area contributed by atoms with E-state index in [0.29, 0.717) is 5.41 Å². The molecule has 0 amide bonds. The van der Waals surface area contributed by atoms with E-state index in [9.17, 15) is 0 Å². The van der Waals surface area contributed by atoms with Crippen LogP contribution in [0.3, 0.4) is 0 Å². The smallest absolute Gasteiger partial charge is 0.0195 e. The SMILES string of the molecule is CC1(C)CCCN(CC2CCCN2)C1. The Morgan fingerprint density at radius 2 is 2.21 bits per heavy atom. The van der Waals surface area contributed by atoms with E-state index in [-0.39, 0.29) is 0 Å². The van der Waals surface area contributed by atoms with E-state index in [1.54, 1.807) is 0 Å². The zero-order valence-electron chi connectivity index (χ0n) is 9.68. The lowest BCUT2D eigenvalue weighted by Crippen LogP contribution is -2.45. The Morgan fingerprint density at radius 3 is 2.86 bits per heavy atom. The minimum absolute atomic E-state index is 0.552. The molecule has 2 heterocycles. The van der Waals surface area contributed by atoms with Crippen molar-refractivity contribution in [2.45, 2.75) is 45.6 Å². The molecule has 2 fully saturated rings. The summed E-state index contributed by atoms with van der Waals surface area (Å²) in [5.74, 6) is 0. The number of piperidine rings is 1. The third-order valence-electron chi connectivity index (χ3n) is 3.62. The highest BCUT2D eigenvalue weighted by atomic mass is 15.2. The van der Waals surface area contributed by atoms with E-state index < -0.39 is 0 Å². The first kappa shape index (κ1) is 10.4. The molecule has 2 heteroatoms. The minimum Gasteiger partial charge on any atom is -0.313 e. The number of rotatable bonds is 2. The molecule has 0 aromatic carbocycles. The van der Waals surface area contributed by atoms with Gasteiger partial charge in [-0.3, -0.25) is 0 Å². The standard InChI is InChI=1S/C12H24N2/c1-12(2)6-4-8-14(10-12)9-11-5-3-7-13-11/h11,13H,3-10H2,1-2H3. The summed E-state index contributed by atoms with van der Waals surface area (Å²) in [7, 11) is 0. The topological polar surface area (TPSA) is 15.3 Å². The molecule has 0 radical (unpaired) electrons. The van der Waals surface area contributed by atoms with Gasteiger partial charge in [0, 0.05) is 19.1 Å². The Labute approximate surface area is 88.1 Å². The van der Waals surface area contributed by atoms with Gasteiger partial charge in [0.1, 0.15) is 0 Å². The van der Waals surface area contributed by atoms with E-state index in [0.717, 1.165) is 6.04 Å². The van der Waals surface area contributed by atoms with Crippen LogP contribution < -0.4 is 5.32 Å². The predicted molar refractivity (Wildman–Crippen MR) is 60.5 cm³/mol. The van der Waals surface area contributed by atoms with Crippen molar-refractivity contribution < 1.29 is 0 Å². The Kier molecular flexibility index (Phi) is 3.13. The maximum absolute atomic E-state index is 3.59. The van der Waals surface area contributed by atoms with Gasteiger partial charge in [0.15, 0.2) is 0 Å². The van der Waals surface area contributed by atoms with Gasteiger partial charge in [-0.1, -0.05) is 13.8 Å². The minimum atomic E-state index is 0.552. The van der Waals surface area contributed by atoms with E-state index in [2.05, 4.69) is 24.1 Å². The van der Waals surface area contributed by atoms with Crippen molar-refractivity contribution in [2.75, 3.05) is 26.2 Å². The monoisotopic (exact) mass is 196 g/mol. The van der Waals surface area contributed by atoms with Crippen molar-refractivity contribution >= 4 is 0 Å². The number of nitrogens with one attached hydrogen (secondary N) is 1. The first-order chi connectivity index (χ1) is 6.66. The van der Waals surface area contributed by atoms with Gasteiger partial charge in [0.2, 0.25) is 0 Å². The second-order valence-corrected chi connectivity index (χ2v) is 5.80. The first-order valence-electron chi connectivity index (χ1n) is 6.11. The van der Waals surface area contributed by atoms with E-state index in [1.807, 2.05) is 0 Å². The van der Waals surface area contributed by atoms with Crippen molar-refractivity contribution in [3.05, 3.63) is 0 Å². The molecule has 1 N–H and O–H groups in total. The molecule has 1 unspecified atom stereocenters. The summed E-state index contributed by atoms with van der Waals surface area (Å²) in [5, 5.41) is 3.59. The summed E-state index contributed by atoms with van der Waals surface area (Å²) in [6.45, 7) is 9.95. The Bertz CT molecular complexity index is 183. The first-order valence-corrected chi connectivity index (χ1v) is 6.11. The van der Waals surface area contributed by atoms with E-state index in [1.165, 1.54) is 51.9 Å². The van der Waals surface area contributed by atoms with Crippen molar-refractivity contribution in [3.8, 4) is 0 Å². The highest BCUT2D eigenvalue weighted by Crippen LogP contribution is 2.28. The Morgan fingerprint density at radius 1 is 1.36 bits per heavy atom. The molecule has 0 saturated carbocycles. The van der Waals surface area contributed by atoms with Crippen LogP contribution in [-0.4, -0.2) is 37.1 Å². The van der Waals surface area contributed by atoms with Gasteiger partial charge < -0.3 is 10.2 Å². The van der Waals surface area contributed by atoms with E-state index >= 15 is 0 Å². The third-order valence-corrected chi connectivity index (χ3v) is 3.62. The summed E-state index contributed by atoms with van der Waals surface area (Å²) < 4.78 is 0. The van der Waals surface area contributed by atoms with Crippen molar-refractivity contribution in [2.24, 2.45) is 5.41 Å². The lowest BCUT2D eigenvalue weighted by molar-refractivity contribution is 0.110. The number of likely N-dealkylation sites (tertiary alicyclic amines) is 1. The molecule has 2 nitrogen and oxygen atoms in total. The predicted octanol–water partition coefficient (Wildman–Crippen LogP) is 1.86. The quantitative estimate of drug-likeness (QED) is 0.725. The Balaban J connectivity index is 1.79. The molecule has 82 valence electrons. The van der Waals surface area contributed by atoms with Crippen LogP contribution in [0.1, 0.15) is 39.5 Å². The lowest BCUT2D eigenvalue weighted by atomic mass is 9.84. The second-order valence-electron chi connectivity index (χ2n) is 5.80. The fourth-order valence-electron chi connectivity index (χ4n) is 2.92. The molecule has 0 bridgehead atoms. The molecule has 2 aliphatic heterocycles. The molecule has 14 heavy (non-hydrogen) atoms. The lowest BCUT2D eigenvalue weighted by Gasteiger charge is -2.39. The van der Waals surface area contributed by atoms with Crippen LogP contribution in [0, 0.1) is 5.41 Å². The van der Waals surface area contributed by atoms with Crippen LogP contribution in [0.15, 0.2) is 0 Å². The Hall–Kier alpha value is -0.0800. The van der Waals surface area contributed by atoms with Crippen LogP contribution >= 0.6 is 0 Å². The zero-order valence-corrected chi connectivity index (χ0v) is 9.68. The maximum atomic E-state index is 3.59. The molecular formula is C12H24N2. The fraction of sp³-hybridized carbons (Fsp3) is 1.00. The van der Waals surface area contributed by atoms with Gasteiger partial charge in [-0.2, -0.15) is 0 Å². The van der Waals surface area contributed by atoms with Gasteiger partial charge in [-0.05, 0) is 44.2 Å². The molecular weight excluding hydrogens is 172 g/mol. The largest absolute Gasteiger partial charge is 0.313 e. The van der Waals surface area contributed by atoms with Crippen LogP contribution in [0.4, 0.5) is 0 Å². The van der Waals surface area contributed by atoms with Gasteiger partial charge in [-0.15, -0.1) is 0 Å². The van der Waals surface area contributed by atoms with Crippen molar-refractivity contribution in [3.63, 3.8) is 0 Å². The molecule has 0 spiro atoms. The molecule has 2 aliphatic rings. The van der Waals surface area contributed by atoms with Gasteiger partial charge in [0.05, 0.1) is 0 Å². The average Bonchev–Trinajstić information content (AvgIpc) is 2.54. The van der Waals surface area contributed by atoms with Gasteiger partial charge >= 0.3 is 0 Å². The maximum Gasteiger partial charge on any atom is 0.0195 e. The van der Waals surface area contributed by atoms with Crippen LogP contribution in [0.5, 0.6) is 0 Å². The molecule has 0 aromatic rings. The molecule has 2 saturated heterocycles. The van der Waals surface area contributed by atoms with Crippen LogP contribution in [0.25, 0.3) is 0 Å². The molecule has 2 rings (SSSR count). The molecule has 1 atom stereocenters. The zero-order chi connectivity index (χ0) is 10.0. The fourth-order valence-corrected chi connectivity index (χ4v) is 2.92. The highest BCUT2D eigenvalue weighted by molar-refractivity contribution is 4.84.